The number of benzene rings is 2. The van der Waals surface area contributed by atoms with Gasteiger partial charge in [0.2, 0.25) is 0 Å². The third-order valence-corrected chi connectivity index (χ3v) is 3.03. The van der Waals surface area contributed by atoms with Crippen LogP contribution in [0.1, 0.15) is 21.5 Å². The SMILES string of the molecule is O=Cc1ccccc1CCc1ccc(Cl)cc1. The molecule has 0 atom stereocenters. The molecule has 0 unspecified atom stereocenters. The van der Waals surface area contributed by atoms with Crippen LogP contribution in [0, 0.1) is 0 Å². The van der Waals surface area contributed by atoms with E-state index in [1.165, 1.54) is 5.56 Å². The van der Waals surface area contributed by atoms with E-state index >= 15 is 0 Å². The van der Waals surface area contributed by atoms with Gasteiger partial charge < -0.3 is 0 Å². The zero-order valence-electron chi connectivity index (χ0n) is 9.40. The Hall–Kier alpha value is -1.60. The van der Waals surface area contributed by atoms with E-state index in [-0.39, 0.29) is 0 Å². The lowest BCUT2D eigenvalue weighted by Gasteiger charge is -2.04. The van der Waals surface area contributed by atoms with Crippen molar-refractivity contribution in [2.75, 3.05) is 0 Å². The molecule has 0 N–H and O–H groups in total. The maximum absolute atomic E-state index is 10.9. The molecule has 0 amide bonds. The molecule has 0 radical (unpaired) electrons. The van der Waals surface area contributed by atoms with Gasteiger partial charge >= 0.3 is 0 Å². The molecule has 2 heteroatoms. The van der Waals surface area contributed by atoms with Crippen LogP contribution in [-0.4, -0.2) is 6.29 Å². The lowest BCUT2D eigenvalue weighted by Crippen LogP contribution is -1.95. The van der Waals surface area contributed by atoms with Gasteiger partial charge in [0.25, 0.3) is 0 Å². The second-order valence-corrected chi connectivity index (χ2v) is 4.38. The number of aldehydes is 1. The van der Waals surface area contributed by atoms with E-state index in [2.05, 4.69) is 0 Å². The minimum absolute atomic E-state index is 0.752. The molecule has 2 aromatic carbocycles. The monoisotopic (exact) mass is 244 g/mol. The van der Waals surface area contributed by atoms with Gasteiger partial charge in [-0.2, -0.15) is 0 Å². The van der Waals surface area contributed by atoms with Crippen LogP contribution in [0.2, 0.25) is 5.02 Å². The second-order valence-electron chi connectivity index (χ2n) is 3.94. The van der Waals surface area contributed by atoms with Gasteiger partial charge in [-0.1, -0.05) is 48.0 Å². The van der Waals surface area contributed by atoms with E-state index in [0.29, 0.717) is 0 Å². The van der Waals surface area contributed by atoms with Crippen molar-refractivity contribution in [1.82, 2.24) is 0 Å². The van der Waals surface area contributed by atoms with Gasteiger partial charge in [-0.25, -0.2) is 0 Å². The smallest absolute Gasteiger partial charge is 0.150 e. The molecule has 0 bridgehead atoms. The topological polar surface area (TPSA) is 17.1 Å². The van der Waals surface area contributed by atoms with Crippen molar-refractivity contribution in [2.24, 2.45) is 0 Å². The summed E-state index contributed by atoms with van der Waals surface area (Å²) in [4.78, 5) is 10.9. The Morgan fingerprint density at radius 2 is 1.65 bits per heavy atom. The summed E-state index contributed by atoms with van der Waals surface area (Å²) in [6.45, 7) is 0. The molecule has 0 heterocycles. The van der Waals surface area contributed by atoms with Crippen LogP contribution < -0.4 is 0 Å². The number of halogens is 1. The van der Waals surface area contributed by atoms with E-state index in [9.17, 15) is 4.79 Å². The summed E-state index contributed by atoms with van der Waals surface area (Å²) in [6.07, 6.45) is 2.70. The number of aryl methyl sites for hydroxylation is 2. The highest BCUT2D eigenvalue weighted by Gasteiger charge is 2.01. The summed E-state index contributed by atoms with van der Waals surface area (Å²) in [6, 6.07) is 15.5. The molecule has 0 fully saturated rings. The van der Waals surface area contributed by atoms with Crippen molar-refractivity contribution in [3.63, 3.8) is 0 Å². The minimum Gasteiger partial charge on any atom is -0.298 e. The predicted molar refractivity (Wildman–Crippen MR) is 70.7 cm³/mol. The maximum Gasteiger partial charge on any atom is 0.150 e. The quantitative estimate of drug-likeness (QED) is 0.745. The van der Waals surface area contributed by atoms with Crippen LogP contribution >= 0.6 is 11.6 Å². The van der Waals surface area contributed by atoms with Crippen molar-refractivity contribution in [3.05, 3.63) is 70.2 Å². The van der Waals surface area contributed by atoms with E-state index in [1.54, 1.807) is 0 Å². The van der Waals surface area contributed by atoms with Gasteiger partial charge in [0, 0.05) is 10.6 Å². The Balaban J connectivity index is 2.07. The molecule has 0 saturated carbocycles. The van der Waals surface area contributed by atoms with E-state index in [1.807, 2.05) is 48.5 Å². The third kappa shape index (κ3) is 3.18. The molecule has 0 aliphatic heterocycles. The highest BCUT2D eigenvalue weighted by Crippen LogP contribution is 2.13. The van der Waals surface area contributed by atoms with Crippen LogP contribution in [0.5, 0.6) is 0 Å². The van der Waals surface area contributed by atoms with E-state index in [0.717, 1.165) is 35.3 Å². The molecule has 0 aliphatic rings. The van der Waals surface area contributed by atoms with Gasteiger partial charge in [-0.05, 0) is 36.1 Å². The van der Waals surface area contributed by atoms with Gasteiger partial charge in [0.05, 0.1) is 0 Å². The molecular formula is C15H13ClO. The lowest BCUT2D eigenvalue weighted by molar-refractivity contribution is 0.112. The largest absolute Gasteiger partial charge is 0.298 e. The van der Waals surface area contributed by atoms with Crippen molar-refractivity contribution in [1.29, 1.82) is 0 Å². The first-order valence-electron chi connectivity index (χ1n) is 5.57. The first-order valence-corrected chi connectivity index (χ1v) is 5.95. The summed E-state index contributed by atoms with van der Waals surface area (Å²) in [7, 11) is 0. The van der Waals surface area contributed by atoms with Crippen molar-refractivity contribution in [2.45, 2.75) is 12.8 Å². The summed E-state index contributed by atoms with van der Waals surface area (Å²) < 4.78 is 0. The molecule has 1 nitrogen and oxygen atoms in total. The van der Waals surface area contributed by atoms with Crippen LogP contribution in [-0.2, 0) is 12.8 Å². The molecule has 0 aliphatic carbocycles. The van der Waals surface area contributed by atoms with E-state index in [4.69, 9.17) is 11.6 Å². The maximum atomic E-state index is 10.9. The zero-order chi connectivity index (χ0) is 12.1. The van der Waals surface area contributed by atoms with Crippen LogP contribution in [0.3, 0.4) is 0 Å². The van der Waals surface area contributed by atoms with Gasteiger partial charge in [0.1, 0.15) is 6.29 Å². The number of carbonyl (C=O) groups excluding carboxylic acids is 1. The van der Waals surface area contributed by atoms with Gasteiger partial charge in [-0.3, -0.25) is 4.79 Å². The average Bonchev–Trinajstić information content (AvgIpc) is 2.38. The Morgan fingerprint density at radius 3 is 2.35 bits per heavy atom. The van der Waals surface area contributed by atoms with Crippen molar-refractivity contribution in [3.8, 4) is 0 Å². The van der Waals surface area contributed by atoms with Gasteiger partial charge in [0.15, 0.2) is 0 Å². The highest BCUT2D eigenvalue weighted by atomic mass is 35.5. The summed E-state index contributed by atoms with van der Waals surface area (Å²) >= 11 is 5.83. The molecule has 0 spiro atoms. The second kappa shape index (κ2) is 5.65. The summed E-state index contributed by atoms with van der Waals surface area (Å²) in [5, 5.41) is 0.752. The molecule has 0 aromatic heterocycles. The molecule has 0 saturated heterocycles. The predicted octanol–water partition coefficient (Wildman–Crippen LogP) is 3.94. The molecule has 17 heavy (non-hydrogen) atoms. The zero-order valence-corrected chi connectivity index (χ0v) is 10.2. The normalized spacial score (nSPS) is 10.2. The fraction of sp³-hybridized carbons (Fsp3) is 0.133. The number of hydrogen-bond donors (Lipinski definition) is 0. The fourth-order valence-corrected chi connectivity index (χ4v) is 1.93. The highest BCUT2D eigenvalue weighted by molar-refractivity contribution is 6.30. The summed E-state index contributed by atoms with van der Waals surface area (Å²) in [5.41, 5.74) is 3.11. The van der Waals surface area contributed by atoms with Gasteiger partial charge in [-0.15, -0.1) is 0 Å². The summed E-state index contributed by atoms with van der Waals surface area (Å²) in [5.74, 6) is 0. The molecule has 2 aromatic rings. The number of carbonyl (C=O) groups is 1. The lowest BCUT2D eigenvalue weighted by atomic mass is 10.0. The average molecular weight is 245 g/mol. The molecular weight excluding hydrogens is 232 g/mol. The Morgan fingerprint density at radius 1 is 0.941 bits per heavy atom. The fourth-order valence-electron chi connectivity index (χ4n) is 1.81. The van der Waals surface area contributed by atoms with Crippen molar-refractivity contribution >= 4 is 17.9 Å². The Labute approximate surface area is 106 Å². The standard InChI is InChI=1S/C15H13ClO/c16-15-9-6-12(7-10-15)5-8-13-3-1-2-4-14(13)11-17/h1-4,6-7,9-11H,5,8H2. The van der Waals surface area contributed by atoms with Crippen LogP contribution in [0.4, 0.5) is 0 Å². The molecule has 86 valence electrons. The van der Waals surface area contributed by atoms with Crippen molar-refractivity contribution < 1.29 is 4.79 Å². The van der Waals surface area contributed by atoms with Crippen LogP contribution in [0.15, 0.2) is 48.5 Å². The van der Waals surface area contributed by atoms with Crippen LogP contribution in [0.25, 0.3) is 0 Å². The Bertz CT molecular complexity index is 503. The number of hydrogen-bond acceptors (Lipinski definition) is 1. The van der Waals surface area contributed by atoms with E-state index < -0.39 is 0 Å². The number of rotatable bonds is 4. The first kappa shape index (κ1) is 11.9. The molecule has 2 rings (SSSR count). The minimum atomic E-state index is 0.752. The Kier molecular flexibility index (Phi) is 3.94. The first-order chi connectivity index (χ1) is 8.29. The third-order valence-electron chi connectivity index (χ3n) is 2.78.